The molecule has 2 fully saturated rings. The minimum Gasteiger partial charge on any atom is -0.481 e. The number of carbonyl (C=O) groups is 3. The van der Waals surface area contributed by atoms with Gasteiger partial charge in [-0.15, -0.1) is 0 Å². The first-order valence-electron chi connectivity index (χ1n) is 7.77. The third-order valence-electron chi connectivity index (χ3n) is 4.67. The first kappa shape index (κ1) is 15.9. The Labute approximate surface area is 125 Å². The Hall–Kier alpha value is -1.43. The van der Waals surface area contributed by atoms with Gasteiger partial charge in [0.1, 0.15) is 0 Å². The van der Waals surface area contributed by atoms with Crippen molar-refractivity contribution in [3.63, 3.8) is 0 Å². The molecule has 2 atom stereocenters. The van der Waals surface area contributed by atoms with Crippen LogP contribution in [0.5, 0.6) is 0 Å². The van der Waals surface area contributed by atoms with Gasteiger partial charge in [0.25, 0.3) is 0 Å². The fraction of sp³-hybridized carbons (Fsp3) is 0.800. The lowest BCUT2D eigenvalue weighted by Gasteiger charge is -2.26. The number of amides is 2. The molecule has 0 spiro atoms. The van der Waals surface area contributed by atoms with Gasteiger partial charge in [0.2, 0.25) is 11.8 Å². The summed E-state index contributed by atoms with van der Waals surface area (Å²) in [5, 5.41) is 9.52. The normalized spacial score (nSPS) is 30.4. The molecular weight excluding hydrogens is 272 g/mol. The van der Waals surface area contributed by atoms with Crippen molar-refractivity contribution in [1.29, 1.82) is 0 Å². The number of carbonyl (C=O) groups excluding carboxylic acids is 2. The first-order chi connectivity index (χ1) is 9.95. The average molecular weight is 296 g/mol. The number of hydrogen-bond acceptors (Lipinski definition) is 4. The van der Waals surface area contributed by atoms with E-state index in [1.54, 1.807) is 0 Å². The molecule has 2 unspecified atom stereocenters. The molecule has 0 aliphatic carbocycles. The summed E-state index contributed by atoms with van der Waals surface area (Å²) in [6.07, 6.45) is 2.92. The molecule has 2 aliphatic heterocycles. The van der Waals surface area contributed by atoms with E-state index in [0.29, 0.717) is 32.5 Å². The predicted molar refractivity (Wildman–Crippen MR) is 76.6 cm³/mol. The summed E-state index contributed by atoms with van der Waals surface area (Å²) in [4.78, 5) is 39.1. The SMILES string of the molecule is CCCN1C(=O)CC(N2CCC(CCC)(C(=O)O)C2)C1=O. The van der Waals surface area contributed by atoms with E-state index in [1.165, 1.54) is 4.90 Å². The summed E-state index contributed by atoms with van der Waals surface area (Å²) in [6, 6.07) is -0.456. The Morgan fingerprint density at radius 1 is 1.33 bits per heavy atom. The maximum absolute atomic E-state index is 12.3. The monoisotopic (exact) mass is 296 g/mol. The summed E-state index contributed by atoms with van der Waals surface area (Å²) >= 11 is 0. The largest absolute Gasteiger partial charge is 0.481 e. The highest BCUT2D eigenvalue weighted by Gasteiger charge is 2.50. The van der Waals surface area contributed by atoms with Crippen LogP contribution in [0, 0.1) is 5.41 Å². The maximum Gasteiger partial charge on any atom is 0.310 e. The topological polar surface area (TPSA) is 77.9 Å². The van der Waals surface area contributed by atoms with E-state index in [1.807, 2.05) is 18.7 Å². The number of aliphatic carboxylic acids is 1. The molecule has 2 heterocycles. The number of rotatable bonds is 6. The zero-order valence-corrected chi connectivity index (χ0v) is 12.8. The van der Waals surface area contributed by atoms with Crippen LogP contribution in [0.1, 0.15) is 46.0 Å². The van der Waals surface area contributed by atoms with Gasteiger partial charge in [-0.2, -0.15) is 0 Å². The molecule has 0 aromatic heterocycles. The molecule has 2 rings (SSSR count). The minimum atomic E-state index is -0.783. The predicted octanol–water partition coefficient (Wildman–Crippen LogP) is 1.10. The van der Waals surface area contributed by atoms with Crippen molar-refractivity contribution < 1.29 is 19.5 Å². The van der Waals surface area contributed by atoms with E-state index in [9.17, 15) is 19.5 Å². The molecular formula is C15H24N2O4. The van der Waals surface area contributed by atoms with E-state index in [4.69, 9.17) is 0 Å². The van der Waals surface area contributed by atoms with Crippen LogP contribution in [-0.4, -0.2) is 58.4 Å². The summed E-state index contributed by atoms with van der Waals surface area (Å²) in [6.45, 7) is 5.32. The van der Waals surface area contributed by atoms with Crippen molar-refractivity contribution in [3.8, 4) is 0 Å². The van der Waals surface area contributed by atoms with Gasteiger partial charge < -0.3 is 5.11 Å². The van der Waals surface area contributed by atoms with E-state index in [2.05, 4.69) is 0 Å². The summed E-state index contributed by atoms with van der Waals surface area (Å²) in [5.74, 6) is -1.07. The second-order valence-electron chi connectivity index (χ2n) is 6.16. The molecule has 6 nitrogen and oxygen atoms in total. The number of carboxylic acids is 1. The fourth-order valence-corrected chi connectivity index (χ4v) is 3.54. The Morgan fingerprint density at radius 2 is 2.05 bits per heavy atom. The van der Waals surface area contributed by atoms with E-state index < -0.39 is 17.4 Å². The Kier molecular flexibility index (Phi) is 4.66. The number of nitrogens with zero attached hydrogens (tertiary/aromatic N) is 2. The molecule has 0 radical (unpaired) electrons. The van der Waals surface area contributed by atoms with Crippen LogP contribution < -0.4 is 0 Å². The second-order valence-corrected chi connectivity index (χ2v) is 6.16. The molecule has 0 aromatic rings. The van der Waals surface area contributed by atoms with Gasteiger partial charge in [-0.3, -0.25) is 24.2 Å². The Bertz CT molecular complexity index is 451. The number of hydrogen-bond donors (Lipinski definition) is 1. The molecule has 2 saturated heterocycles. The first-order valence-corrected chi connectivity index (χ1v) is 7.77. The molecule has 2 aliphatic rings. The Balaban J connectivity index is 2.09. The van der Waals surface area contributed by atoms with Gasteiger partial charge in [0.05, 0.1) is 17.9 Å². The van der Waals surface area contributed by atoms with Crippen LogP contribution in [0.2, 0.25) is 0 Å². The van der Waals surface area contributed by atoms with Crippen LogP contribution in [0.4, 0.5) is 0 Å². The van der Waals surface area contributed by atoms with Gasteiger partial charge in [0.15, 0.2) is 0 Å². The summed E-state index contributed by atoms with van der Waals surface area (Å²) < 4.78 is 0. The van der Waals surface area contributed by atoms with Crippen molar-refractivity contribution in [2.24, 2.45) is 5.41 Å². The number of imide groups is 1. The molecule has 118 valence electrons. The summed E-state index contributed by atoms with van der Waals surface area (Å²) in [5.41, 5.74) is -0.754. The summed E-state index contributed by atoms with van der Waals surface area (Å²) in [7, 11) is 0. The highest BCUT2D eigenvalue weighted by molar-refractivity contribution is 6.05. The standard InChI is InChI=1S/C15H24N2O4/c1-3-5-15(14(20)21)6-8-16(10-15)11-9-12(18)17(7-4-2)13(11)19/h11H,3-10H2,1-2H3,(H,20,21). The van der Waals surface area contributed by atoms with Gasteiger partial charge in [-0.25, -0.2) is 0 Å². The average Bonchev–Trinajstić information content (AvgIpc) is 2.97. The second kappa shape index (κ2) is 6.13. The van der Waals surface area contributed by atoms with Crippen LogP contribution in [-0.2, 0) is 14.4 Å². The molecule has 2 amide bonds. The third kappa shape index (κ3) is 2.81. The van der Waals surface area contributed by atoms with Gasteiger partial charge in [-0.1, -0.05) is 20.3 Å². The zero-order valence-electron chi connectivity index (χ0n) is 12.8. The molecule has 0 saturated carbocycles. The quantitative estimate of drug-likeness (QED) is 0.743. The van der Waals surface area contributed by atoms with E-state index in [-0.39, 0.29) is 18.2 Å². The highest BCUT2D eigenvalue weighted by atomic mass is 16.4. The van der Waals surface area contributed by atoms with Crippen LogP contribution in [0.3, 0.4) is 0 Å². The highest BCUT2D eigenvalue weighted by Crippen LogP contribution is 2.38. The van der Waals surface area contributed by atoms with E-state index in [0.717, 1.165) is 12.8 Å². The van der Waals surface area contributed by atoms with Crippen molar-refractivity contribution in [2.75, 3.05) is 19.6 Å². The molecule has 6 heteroatoms. The smallest absolute Gasteiger partial charge is 0.310 e. The van der Waals surface area contributed by atoms with Crippen LogP contribution >= 0.6 is 0 Å². The van der Waals surface area contributed by atoms with Crippen molar-refractivity contribution in [1.82, 2.24) is 9.80 Å². The zero-order chi connectivity index (χ0) is 15.6. The van der Waals surface area contributed by atoms with Crippen LogP contribution in [0.15, 0.2) is 0 Å². The van der Waals surface area contributed by atoms with Crippen molar-refractivity contribution in [3.05, 3.63) is 0 Å². The lowest BCUT2D eigenvalue weighted by Crippen LogP contribution is -2.43. The van der Waals surface area contributed by atoms with E-state index >= 15 is 0 Å². The lowest BCUT2D eigenvalue weighted by atomic mass is 9.83. The van der Waals surface area contributed by atoms with Crippen LogP contribution in [0.25, 0.3) is 0 Å². The van der Waals surface area contributed by atoms with Gasteiger partial charge in [-0.05, 0) is 19.3 Å². The number of carboxylic acid groups (broad SMARTS) is 1. The fourth-order valence-electron chi connectivity index (χ4n) is 3.54. The van der Waals surface area contributed by atoms with Gasteiger partial charge >= 0.3 is 5.97 Å². The third-order valence-corrected chi connectivity index (χ3v) is 4.67. The Morgan fingerprint density at radius 3 is 2.62 bits per heavy atom. The minimum absolute atomic E-state index is 0.129. The van der Waals surface area contributed by atoms with Crippen molar-refractivity contribution in [2.45, 2.75) is 52.0 Å². The number of likely N-dealkylation sites (tertiary alicyclic amines) is 2. The molecule has 0 bridgehead atoms. The van der Waals surface area contributed by atoms with Crippen molar-refractivity contribution >= 4 is 17.8 Å². The lowest BCUT2D eigenvalue weighted by molar-refractivity contribution is -0.149. The molecule has 1 N–H and O–H groups in total. The maximum atomic E-state index is 12.3. The molecule has 21 heavy (non-hydrogen) atoms. The van der Waals surface area contributed by atoms with Gasteiger partial charge in [0, 0.05) is 19.6 Å². The molecule has 0 aromatic carbocycles.